The van der Waals surface area contributed by atoms with Gasteiger partial charge in [-0.3, -0.25) is 0 Å². The second-order valence-corrected chi connectivity index (χ2v) is 5.98. The highest BCUT2D eigenvalue weighted by Crippen LogP contribution is 2.50. The van der Waals surface area contributed by atoms with Gasteiger partial charge < -0.3 is 15.0 Å². The molecule has 0 spiro atoms. The summed E-state index contributed by atoms with van der Waals surface area (Å²) in [5, 5.41) is 3.92. The van der Waals surface area contributed by atoms with Gasteiger partial charge in [0, 0.05) is 11.6 Å². The van der Waals surface area contributed by atoms with E-state index >= 15 is 0 Å². The molecule has 1 aromatic carbocycles. The number of aromatic nitrogens is 1. The lowest BCUT2D eigenvalue weighted by Crippen LogP contribution is -2.18. The van der Waals surface area contributed by atoms with Crippen LogP contribution in [-0.2, 0) is 0 Å². The maximum atomic E-state index is 5.93. The minimum atomic E-state index is -0.242. The molecule has 0 saturated heterocycles. The number of nitrogens with zero attached hydrogens (tertiary/aromatic N) is 1. The minimum absolute atomic E-state index is 0.242. The molecule has 1 aromatic heterocycles. The zero-order chi connectivity index (χ0) is 12.0. The Morgan fingerprint density at radius 2 is 2.18 bits per heavy atom. The molecule has 0 unspecified atom stereocenters. The van der Waals surface area contributed by atoms with Gasteiger partial charge in [0.05, 0.1) is 4.90 Å². The molecule has 0 aliphatic carbocycles. The van der Waals surface area contributed by atoms with Crippen molar-refractivity contribution in [3.8, 4) is 17.0 Å². The summed E-state index contributed by atoms with van der Waals surface area (Å²) >= 11 is 1.70. The molecule has 1 aliphatic rings. The van der Waals surface area contributed by atoms with Crippen LogP contribution in [0.1, 0.15) is 13.8 Å². The van der Waals surface area contributed by atoms with Gasteiger partial charge in [-0.2, -0.15) is 0 Å². The summed E-state index contributed by atoms with van der Waals surface area (Å²) in [4.78, 5) is 0.877. The van der Waals surface area contributed by atoms with Crippen LogP contribution in [0.2, 0.25) is 0 Å². The largest absolute Gasteiger partial charge is 0.475 e. The van der Waals surface area contributed by atoms with Crippen molar-refractivity contribution < 1.29 is 9.26 Å². The number of fused-ring (bicyclic) bond motifs is 1. The maximum Gasteiger partial charge on any atom is 0.222 e. The molecule has 5 heteroatoms. The Morgan fingerprint density at radius 3 is 2.88 bits per heavy atom. The molecule has 0 saturated carbocycles. The molecule has 4 nitrogen and oxygen atoms in total. The van der Waals surface area contributed by atoms with Gasteiger partial charge in [0.1, 0.15) is 11.4 Å². The zero-order valence-electron chi connectivity index (χ0n) is 9.56. The van der Waals surface area contributed by atoms with E-state index in [9.17, 15) is 0 Å². The summed E-state index contributed by atoms with van der Waals surface area (Å²) in [5.41, 5.74) is 7.16. The van der Waals surface area contributed by atoms with E-state index in [4.69, 9.17) is 15.0 Å². The third kappa shape index (κ3) is 1.76. The highest BCUT2D eigenvalue weighted by molar-refractivity contribution is 8.00. The number of hydrogen-bond acceptors (Lipinski definition) is 5. The number of nitrogen functional groups attached to an aromatic ring is 1. The second kappa shape index (κ2) is 3.43. The first kappa shape index (κ1) is 10.5. The molecule has 0 bridgehead atoms. The van der Waals surface area contributed by atoms with Crippen LogP contribution in [0.25, 0.3) is 11.3 Å². The fourth-order valence-electron chi connectivity index (χ4n) is 1.85. The highest BCUT2D eigenvalue weighted by Gasteiger charge is 2.33. The van der Waals surface area contributed by atoms with Crippen LogP contribution in [-0.4, -0.2) is 10.1 Å². The smallest absolute Gasteiger partial charge is 0.222 e. The molecule has 1 aliphatic heterocycles. The van der Waals surface area contributed by atoms with Crippen molar-refractivity contribution >= 4 is 17.6 Å². The number of para-hydroxylation sites is 1. The zero-order valence-corrected chi connectivity index (χ0v) is 10.4. The second-order valence-electron chi connectivity index (χ2n) is 4.35. The van der Waals surface area contributed by atoms with Crippen LogP contribution in [0.4, 0.5) is 5.88 Å². The minimum Gasteiger partial charge on any atom is -0.475 e. The predicted molar refractivity (Wildman–Crippen MR) is 66.9 cm³/mol. The van der Waals surface area contributed by atoms with E-state index in [1.807, 2.05) is 32.0 Å². The average Bonchev–Trinajstić information content (AvgIpc) is 2.78. The van der Waals surface area contributed by atoms with Crippen LogP contribution in [0.3, 0.4) is 0 Å². The Bertz CT molecular complexity index is 578. The molecule has 2 N–H and O–H groups in total. The molecule has 0 atom stereocenters. The maximum absolute atomic E-state index is 5.93. The van der Waals surface area contributed by atoms with Crippen LogP contribution in [0.5, 0.6) is 5.75 Å². The molecular formula is C12H12N2O2S. The van der Waals surface area contributed by atoms with E-state index < -0.39 is 0 Å². The lowest BCUT2D eigenvalue weighted by Gasteiger charge is -2.16. The normalized spacial score (nSPS) is 16.6. The molecular weight excluding hydrogens is 236 g/mol. The summed E-state index contributed by atoms with van der Waals surface area (Å²) in [5.74, 6) is 1.17. The fourth-order valence-corrected chi connectivity index (χ4v) is 2.90. The number of ether oxygens (including phenoxy) is 1. The summed E-state index contributed by atoms with van der Waals surface area (Å²) in [6.07, 6.45) is 0. The third-order valence-electron chi connectivity index (χ3n) is 2.49. The van der Waals surface area contributed by atoms with E-state index in [2.05, 4.69) is 5.16 Å². The van der Waals surface area contributed by atoms with E-state index in [1.165, 1.54) is 0 Å². The van der Waals surface area contributed by atoms with Gasteiger partial charge in [-0.15, -0.1) is 0 Å². The number of anilines is 1. The van der Waals surface area contributed by atoms with E-state index in [0.29, 0.717) is 11.6 Å². The van der Waals surface area contributed by atoms with Gasteiger partial charge in [-0.1, -0.05) is 23.0 Å². The number of nitrogens with two attached hydrogens (primary N) is 1. The number of benzene rings is 1. The predicted octanol–water partition coefficient (Wildman–Crippen LogP) is 3.14. The molecule has 17 heavy (non-hydrogen) atoms. The van der Waals surface area contributed by atoms with Gasteiger partial charge in [-0.25, -0.2) is 0 Å². The van der Waals surface area contributed by atoms with E-state index in [1.54, 1.807) is 17.8 Å². The molecule has 88 valence electrons. The van der Waals surface area contributed by atoms with E-state index in [0.717, 1.165) is 16.2 Å². The summed E-state index contributed by atoms with van der Waals surface area (Å²) in [7, 11) is 0. The lowest BCUT2D eigenvalue weighted by atomic mass is 10.1. The van der Waals surface area contributed by atoms with Crippen LogP contribution < -0.4 is 10.5 Å². The SMILES string of the molecule is CC1(C)Oc2c(cccc2-c2cc(N)on2)S1. The van der Waals surface area contributed by atoms with Crippen molar-refractivity contribution in [3.63, 3.8) is 0 Å². The van der Waals surface area contributed by atoms with E-state index in [-0.39, 0.29) is 4.93 Å². The molecule has 2 heterocycles. The fraction of sp³-hybridized carbons (Fsp3) is 0.250. The van der Waals surface area contributed by atoms with Crippen molar-refractivity contribution in [2.24, 2.45) is 0 Å². The molecule has 0 fully saturated rings. The van der Waals surface area contributed by atoms with Crippen LogP contribution in [0, 0.1) is 0 Å². The quantitative estimate of drug-likeness (QED) is 0.840. The van der Waals surface area contributed by atoms with Crippen molar-refractivity contribution in [3.05, 3.63) is 24.3 Å². The summed E-state index contributed by atoms with van der Waals surface area (Å²) < 4.78 is 10.8. The summed E-state index contributed by atoms with van der Waals surface area (Å²) in [6.45, 7) is 4.08. The Hall–Kier alpha value is -1.62. The standard InChI is InChI=1S/C12H12N2O2S/c1-12(2)15-11-7(4-3-5-9(11)17-12)8-6-10(13)16-14-8/h3-6H,13H2,1-2H3. The Kier molecular flexibility index (Phi) is 2.13. The monoisotopic (exact) mass is 248 g/mol. The Balaban J connectivity index is 2.12. The van der Waals surface area contributed by atoms with Gasteiger partial charge in [0.2, 0.25) is 5.88 Å². The van der Waals surface area contributed by atoms with Crippen molar-refractivity contribution in [1.29, 1.82) is 0 Å². The summed E-state index contributed by atoms with van der Waals surface area (Å²) in [6, 6.07) is 7.69. The third-order valence-corrected chi connectivity index (χ3v) is 3.60. The first-order valence-corrected chi connectivity index (χ1v) is 6.10. The average molecular weight is 248 g/mol. The number of hydrogen-bond donors (Lipinski definition) is 1. The van der Waals surface area contributed by atoms with Crippen molar-refractivity contribution in [2.75, 3.05) is 5.73 Å². The van der Waals surface area contributed by atoms with Crippen molar-refractivity contribution in [1.82, 2.24) is 5.16 Å². The Morgan fingerprint density at radius 1 is 1.35 bits per heavy atom. The van der Waals surface area contributed by atoms with Crippen molar-refractivity contribution in [2.45, 2.75) is 23.7 Å². The number of rotatable bonds is 1. The highest BCUT2D eigenvalue weighted by atomic mass is 32.2. The van der Waals surface area contributed by atoms with Gasteiger partial charge in [0.15, 0.2) is 4.93 Å². The van der Waals surface area contributed by atoms with Gasteiger partial charge in [-0.05, 0) is 26.0 Å². The topological polar surface area (TPSA) is 61.3 Å². The van der Waals surface area contributed by atoms with Crippen LogP contribution >= 0.6 is 11.8 Å². The first-order chi connectivity index (χ1) is 8.05. The Labute approximate surface area is 103 Å². The lowest BCUT2D eigenvalue weighted by molar-refractivity contribution is 0.216. The van der Waals surface area contributed by atoms with Crippen LogP contribution in [0.15, 0.2) is 33.7 Å². The van der Waals surface area contributed by atoms with Gasteiger partial charge in [0.25, 0.3) is 0 Å². The molecule has 0 radical (unpaired) electrons. The number of thioether (sulfide) groups is 1. The first-order valence-electron chi connectivity index (χ1n) is 5.29. The van der Waals surface area contributed by atoms with Gasteiger partial charge >= 0.3 is 0 Å². The molecule has 3 rings (SSSR count). The molecule has 0 amide bonds. The molecule has 2 aromatic rings.